The van der Waals surface area contributed by atoms with Gasteiger partial charge < -0.3 is 10.6 Å². The maximum absolute atomic E-state index is 6.16. The Morgan fingerprint density at radius 2 is 2.06 bits per heavy atom. The van der Waals surface area contributed by atoms with Crippen molar-refractivity contribution >= 4 is 34.0 Å². The van der Waals surface area contributed by atoms with Crippen LogP contribution in [0.3, 0.4) is 0 Å². The van der Waals surface area contributed by atoms with Crippen molar-refractivity contribution in [2.45, 2.75) is 6.42 Å². The number of pyridine rings is 1. The molecular formula is C14H17N3S. The Morgan fingerprint density at radius 3 is 3.00 bits per heavy atom. The second-order valence-electron chi connectivity index (χ2n) is 4.53. The summed E-state index contributed by atoms with van der Waals surface area (Å²) in [6, 6.07) is 8.24. The molecule has 1 fully saturated rings. The summed E-state index contributed by atoms with van der Waals surface area (Å²) in [6.07, 6.45) is 3.01. The number of para-hydroxylation sites is 1. The van der Waals surface area contributed by atoms with Gasteiger partial charge in [0, 0.05) is 24.2 Å². The van der Waals surface area contributed by atoms with Crippen LogP contribution in [0, 0.1) is 0 Å². The molecule has 1 aromatic heterocycles. The molecule has 94 valence electrons. The zero-order chi connectivity index (χ0) is 12.4. The summed E-state index contributed by atoms with van der Waals surface area (Å²) < 4.78 is 0. The Hall–Kier alpha value is -1.42. The van der Waals surface area contributed by atoms with Gasteiger partial charge in [-0.1, -0.05) is 18.2 Å². The number of nitrogen functional groups attached to an aromatic ring is 1. The molecular weight excluding hydrogens is 242 g/mol. The molecule has 2 aromatic rings. The first kappa shape index (κ1) is 11.7. The largest absolute Gasteiger partial charge is 0.396 e. The van der Waals surface area contributed by atoms with Gasteiger partial charge in [-0.05, 0) is 18.2 Å². The maximum Gasteiger partial charge on any atom is 0.0745 e. The molecule has 1 aromatic carbocycles. The summed E-state index contributed by atoms with van der Waals surface area (Å²) >= 11 is 2.03. The number of fused-ring (bicyclic) bond motifs is 1. The predicted molar refractivity (Wildman–Crippen MR) is 80.3 cm³/mol. The summed E-state index contributed by atoms with van der Waals surface area (Å²) in [5.74, 6) is 2.43. The monoisotopic (exact) mass is 259 g/mol. The van der Waals surface area contributed by atoms with E-state index in [9.17, 15) is 0 Å². The van der Waals surface area contributed by atoms with E-state index in [4.69, 9.17) is 5.73 Å². The number of aromatic nitrogens is 1. The molecule has 0 amide bonds. The molecule has 0 aliphatic carbocycles. The molecule has 1 aliphatic heterocycles. The van der Waals surface area contributed by atoms with Gasteiger partial charge in [-0.3, -0.25) is 4.98 Å². The average Bonchev–Trinajstić information content (AvgIpc) is 2.67. The molecule has 0 unspecified atom stereocenters. The molecule has 3 rings (SSSR count). The Balaban J connectivity index is 2.11. The van der Waals surface area contributed by atoms with E-state index in [-0.39, 0.29) is 0 Å². The number of hydrogen-bond acceptors (Lipinski definition) is 4. The number of benzene rings is 1. The Kier molecular flexibility index (Phi) is 3.28. The number of thioether (sulfide) groups is 1. The van der Waals surface area contributed by atoms with Crippen molar-refractivity contribution in [1.29, 1.82) is 0 Å². The van der Waals surface area contributed by atoms with Crippen LogP contribution in [0.15, 0.2) is 30.5 Å². The van der Waals surface area contributed by atoms with Crippen LogP contribution in [-0.2, 0) is 0 Å². The molecule has 0 saturated carbocycles. The SMILES string of the molecule is Nc1cnc2ccccc2c1N1CCCSCC1. The second-order valence-corrected chi connectivity index (χ2v) is 5.76. The second kappa shape index (κ2) is 5.06. The van der Waals surface area contributed by atoms with Gasteiger partial charge >= 0.3 is 0 Å². The third-order valence-electron chi connectivity index (χ3n) is 3.31. The fourth-order valence-corrected chi connectivity index (χ4v) is 3.35. The molecule has 2 heterocycles. The molecule has 0 spiro atoms. The van der Waals surface area contributed by atoms with Crippen molar-refractivity contribution in [3.05, 3.63) is 30.5 Å². The first-order chi connectivity index (χ1) is 8.86. The van der Waals surface area contributed by atoms with E-state index in [1.807, 2.05) is 23.9 Å². The number of nitrogens with zero attached hydrogens (tertiary/aromatic N) is 2. The maximum atomic E-state index is 6.16. The minimum absolute atomic E-state index is 0.792. The summed E-state index contributed by atoms with van der Waals surface area (Å²) in [7, 11) is 0. The zero-order valence-corrected chi connectivity index (χ0v) is 11.1. The van der Waals surface area contributed by atoms with Gasteiger partial charge in [-0.2, -0.15) is 11.8 Å². The van der Waals surface area contributed by atoms with E-state index >= 15 is 0 Å². The molecule has 1 saturated heterocycles. The summed E-state index contributed by atoms with van der Waals surface area (Å²) in [5.41, 5.74) is 9.15. The predicted octanol–water partition coefficient (Wildman–Crippen LogP) is 2.76. The van der Waals surface area contributed by atoms with Crippen molar-refractivity contribution < 1.29 is 0 Å². The van der Waals surface area contributed by atoms with Gasteiger partial charge in [-0.25, -0.2) is 0 Å². The first-order valence-corrected chi connectivity index (χ1v) is 7.47. The Bertz CT molecular complexity index is 548. The van der Waals surface area contributed by atoms with Crippen molar-refractivity contribution in [3.8, 4) is 0 Å². The highest BCUT2D eigenvalue weighted by Crippen LogP contribution is 2.32. The first-order valence-electron chi connectivity index (χ1n) is 6.32. The van der Waals surface area contributed by atoms with Gasteiger partial charge in [0.2, 0.25) is 0 Å². The Labute approximate surface area is 111 Å². The lowest BCUT2D eigenvalue weighted by Crippen LogP contribution is -2.26. The molecule has 0 bridgehead atoms. The third kappa shape index (κ3) is 2.12. The van der Waals surface area contributed by atoms with Crippen LogP contribution < -0.4 is 10.6 Å². The Morgan fingerprint density at radius 1 is 1.17 bits per heavy atom. The normalized spacial score (nSPS) is 16.8. The van der Waals surface area contributed by atoms with E-state index in [0.717, 1.165) is 24.3 Å². The number of hydrogen-bond donors (Lipinski definition) is 1. The van der Waals surface area contributed by atoms with Crippen LogP contribution in [0.25, 0.3) is 10.9 Å². The topological polar surface area (TPSA) is 42.1 Å². The van der Waals surface area contributed by atoms with Crippen LogP contribution in [0.1, 0.15) is 6.42 Å². The van der Waals surface area contributed by atoms with E-state index in [2.05, 4.69) is 22.0 Å². The van der Waals surface area contributed by atoms with Gasteiger partial charge in [0.25, 0.3) is 0 Å². The molecule has 2 N–H and O–H groups in total. The van der Waals surface area contributed by atoms with E-state index in [1.54, 1.807) is 6.20 Å². The van der Waals surface area contributed by atoms with Crippen molar-refractivity contribution in [2.24, 2.45) is 0 Å². The van der Waals surface area contributed by atoms with Gasteiger partial charge in [0.05, 0.1) is 23.1 Å². The number of rotatable bonds is 1. The quantitative estimate of drug-likeness (QED) is 0.855. The highest BCUT2D eigenvalue weighted by Gasteiger charge is 2.15. The van der Waals surface area contributed by atoms with Crippen LogP contribution in [0.5, 0.6) is 0 Å². The highest BCUT2D eigenvalue weighted by molar-refractivity contribution is 7.99. The highest BCUT2D eigenvalue weighted by atomic mass is 32.2. The van der Waals surface area contributed by atoms with E-state index < -0.39 is 0 Å². The van der Waals surface area contributed by atoms with Gasteiger partial charge in [0.1, 0.15) is 0 Å². The molecule has 3 nitrogen and oxygen atoms in total. The summed E-state index contributed by atoms with van der Waals surface area (Å²) in [5, 5.41) is 1.17. The summed E-state index contributed by atoms with van der Waals surface area (Å²) in [6.45, 7) is 2.16. The third-order valence-corrected chi connectivity index (χ3v) is 4.36. The van der Waals surface area contributed by atoms with Crippen LogP contribution in [0.4, 0.5) is 11.4 Å². The van der Waals surface area contributed by atoms with Gasteiger partial charge in [0.15, 0.2) is 0 Å². The minimum Gasteiger partial charge on any atom is -0.396 e. The number of nitrogens with two attached hydrogens (primary N) is 1. The molecule has 1 aliphatic rings. The molecule has 0 atom stereocenters. The molecule has 0 radical (unpaired) electrons. The van der Waals surface area contributed by atoms with E-state index in [1.165, 1.54) is 29.0 Å². The van der Waals surface area contributed by atoms with Crippen molar-refractivity contribution in [1.82, 2.24) is 4.98 Å². The summed E-state index contributed by atoms with van der Waals surface area (Å²) in [4.78, 5) is 6.82. The molecule has 18 heavy (non-hydrogen) atoms. The lowest BCUT2D eigenvalue weighted by atomic mass is 10.1. The smallest absolute Gasteiger partial charge is 0.0745 e. The standard InChI is InChI=1S/C14H17N3S/c15-12-10-16-13-5-2-1-4-11(13)14(12)17-6-3-8-18-9-7-17/h1-2,4-5,10H,3,6-9,15H2. The molecule has 4 heteroatoms. The van der Waals surface area contributed by atoms with Crippen molar-refractivity contribution in [3.63, 3.8) is 0 Å². The average molecular weight is 259 g/mol. The van der Waals surface area contributed by atoms with Crippen LogP contribution in [-0.4, -0.2) is 29.6 Å². The number of anilines is 2. The van der Waals surface area contributed by atoms with Crippen LogP contribution in [0.2, 0.25) is 0 Å². The fraction of sp³-hybridized carbons (Fsp3) is 0.357. The van der Waals surface area contributed by atoms with Gasteiger partial charge in [-0.15, -0.1) is 0 Å². The minimum atomic E-state index is 0.792. The zero-order valence-electron chi connectivity index (χ0n) is 10.3. The van der Waals surface area contributed by atoms with E-state index in [0.29, 0.717) is 0 Å². The fourth-order valence-electron chi connectivity index (χ4n) is 2.46. The van der Waals surface area contributed by atoms with Crippen molar-refractivity contribution in [2.75, 3.05) is 35.2 Å². The lowest BCUT2D eigenvalue weighted by Gasteiger charge is -2.25. The lowest BCUT2D eigenvalue weighted by molar-refractivity contribution is 0.820. The van der Waals surface area contributed by atoms with Crippen LogP contribution >= 0.6 is 11.8 Å².